The number of likely N-dealkylation sites (tertiary alicyclic amines) is 1. The van der Waals surface area contributed by atoms with Crippen molar-refractivity contribution in [2.45, 2.75) is 26.3 Å². The lowest BCUT2D eigenvalue weighted by atomic mass is 10.00. The monoisotopic (exact) mass is 447 g/mol. The first-order valence-corrected chi connectivity index (χ1v) is 8.08. The second-order valence-corrected chi connectivity index (χ2v) is 6.50. The molecule has 1 aromatic heterocycles. The maximum absolute atomic E-state index is 6.13. The van der Waals surface area contributed by atoms with Gasteiger partial charge in [0.05, 0.1) is 11.0 Å². The molecule has 0 spiro atoms. The molecule has 1 aliphatic heterocycles. The Morgan fingerprint density at radius 1 is 1.39 bits per heavy atom. The van der Waals surface area contributed by atoms with Crippen LogP contribution >= 0.6 is 35.6 Å². The zero-order valence-corrected chi connectivity index (χ0v) is 16.6. The lowest BCUT2D eigenvalue weighted by molar-refractivity contribution is 0.277. The maximum atomic E-state index is 6.13. The first-order valence-electron chi connectivity index (χ1n) is 7.70. The Morgan fingerprint density at radius 3 is 2.78 bits per heavy atom. The predicted octanol–water partition coefficient (Wildman–Crippen LogP) is 3.39. The Bertz CT molecular complexity index is 704. The molecule has 0 amide bonds. The third-order valence-corrected chi connectivity index (χ3v) is 4.66. The van der Waals surface area contributed by atoms with Gasteiger partial charge in [-0.05, 0) is 37.0 Å². The lowest BCUT2D eigenvalue weighted by Crippen LogP contribution is -2.42. The third-order valence-electron chi connectivity index (χ3n) is 4.43. The van der Waals surface area contributed by atoms with Gasteiger partial charge in [0, 0.05) is 25.2 Å². The Labute approximate surface area is 158 Å². The molecule has 0 saturated carbocycles. The van der Waals surface area contributed by atoms with E-state index in [-0.39, 0.29) is 24.0 Å². The molecule has 1 aliphatic rings. The molecule has 2 aromatic rings. The van der Waals surface area contributed by atoms with Crippen LogP contribution in [0.15, 0.2) is 23.2 Å². The summed E-state index contributed by atoms with van der Waals surface area (Å²) in [5.74, 6) is 2.30. The number of imidazole rings is 1. The van der Waals surface area contributed by atoms with Gasteiger partial charge >= 0.3 is 0 Å². The van der Waals surface area contributed by atoms with E-state index in [1.165, 1.54) is 12.8 Å². The summed E-state index contributed by atoms with van der Waals surface area (Å²) in [5.41, 5.74) is 8.08. The fourth-order valence-electron chi connectivity index (χ4n) is 2.85. The number of rotatable bonds is 2. The van der Waals surface area contributed by atoms with E-state index in [4.69, 9.17) is 17.3 Å². The Kier molecular flexibility index (Phi) is 6.13. The number of halogens is 2. The molecule has 126 valence electrons. The van der Waals surface area contributed by atoms with Gasteiger partial charge in [-0.2, -0.15) is 0 Å². The van der Waals surface area contributed by atoms with E-state index in [1.54, 1.807) is 0 Å². The molecule has 5 nitrogen and oxygen atoms in total. The normalized spacial score (nSPS) is 16.7. The molecular formula is C16H23ClIN5. The number of benzene rings is 1. The van der Waals surface area contributed by atoms with Gasteiger partial charge in [0.15, 0.2) is 5.96 Å². The average molecular weight is 448 g/mol. The number of guanidine groups is 1. The minimum atomic E-state index is 0. The van der Waals surface area contributed by atoms with Crippen LogP contribution in [0.2, 0.25) is 5.02 Å². The number of nitrogens with two attached hydrogens (primary N) is 1. The summed E-state index contributed by atoms with van der Waals surface area (Å²) in [7, 11) is 1.99. The summed E-state index contributed by atoms with van der Waals surface area (Å²) in [5, 5.41) is 0.697. The van der Waals surface area contributed by atoms with Gasteiger partial charge in [0.1, 0.15) is 12.4 Å². The quantitative estimate of drug-likeness (QED) is 0.436. The molecule has 0 bridgehead atoms. The standard InChI is InChI=1S/C16H22ClN5.HI/c1-11-5-7-22(8-6-11)16(18)19-10-15-20-13-9-12(17)3-4-14(13)21(15)2;/h3-4,9,11H,5-8,10H2,1-2H3,(H2,18,19);1H. The smallest absolute Gasteiger partial charge is 0.191 e. The van der Waals surface area contributed by atoms with Crippen molar-refractivity contribution in [2.75, 3.05) is 13.1 Å². The van der Waals surface area contributed by atoms with Gasteiger partial charge < -0.3 is 15.2 Å². The molecule has 2 heterocycles. The van der Waals surface area contributed by atoms with E-state index in [2.05, 4.69) is 21.8 Å². The fraction of sp³-hybridized carbons (Fsp3) is 0.500. The van der Waals surface area contributed by atoms with Crippen molar-refractivity contribution in [3.8, 4) is 0 Å². The van der Waals surface area contributed by atoms with Gasteiger partial charge in [-0.1, -0.05) is 18.5 Å². The Hall–Kier alpha value is -1.02. The Balaban J connectivity index is 0.00000192. The average Bonchev–Trinajstić information content (AvgIpc) is 2.81. The van der Waals surface area contributed by atoms with Crippen molar-refractivity contribution in [3.05, 3.63) is 29.0 Å². The highest BCUT2D eigenvalue weighted by Crippen LogP contribution is 2.20. The highest BCUT2D eigenvalue weighted by Gasteiger charge is 2.17. The van der Waals surface area contributed by atoms with Gasteiger partial charge in [-0.3, -0.25) is 0 Å². The van der Waals surface area contributed by atoms with Crippen LogP contribution in [0.4, 0.5) is 0 Å². The van der Waals surface area contributed by atoms with Gasteiger partial charge in [0.2, 0.25) is 0 Å². The summed E-state index contributed by atoms with van der Waals surface area (Å²) in [6, 6.07) is 5.73. The topological polar surface area (TPSA) is 59.4 Å². The summed E-state index contributed by atoms with van der Waals surface area (Å²) in [6.07, 6.45) is 2.36. The van der Waals surface area contributed by atoms with Crippen LogP contribution in [-0.2, 0) is 13.6 Å². The summed E-state index contributed by atoms with van der Waals surface area (Å²) >= 11 is 6.02. The van der Waals surface area contributed by atoms with Crippen molar-refractivity contribution in [1.29, 1.82) is 0 Å². The molecule has 1 saturated heterocycles. The van der Waals surface area contributed by atoms with Crippen molar-refractivity contribution in [1.82, 2.24) is 14.5 Å². The number of nitrogens with zero attached hydrogens (tertiary/aromatic N) is 4. The number of hydrogen-bond donors (Lipinski definition) is 1. The van der Waals surface area contributed by atoms with Gasteiger partial charge in [0.25, 0.3) is 0 Å². The molecule has 1 fully saturated rings. The van der Waals surface area contributed by atoms with Crippen LogP contribution in [-0.4, -0.2) is 33.5 Å². The van der Waals surface area contributed by atoms with Crippen molar-refractivity contribution < 1.29 is 0 Å². The lowest BCUT2D eigenvalue weighted by Gasteiger charge is -2.30. The minimum Gasteiger partial charge on any atom is -0.370 e. The number of fused-ring (bicyclic) bond motifs is 1. The number of hydrogen-bond acceptors (Lipinski definition) is 2. The van der Waals surface area contributed by atoms with Crippen LogP contribution in [0.3, 0.4) is 0 Å². The highest BCUT2D eigenvalue weighted by molar-refractivity contribution is 14.0. The predicted molar refractivity (Wildman–Crippen MR) is 106 cm³/mol. The van der Waals surface area contributed by atoms with E-state index in [1.807, 2.05) is 29.8 Å². The summed E-state index contributed by atoms with van der Waals surface area (Å²) in [4.78, 5) is 11.3. The highest BCUT2D eigenvalue weighted by atomic mass is 127. The molecule has 2 N–H and O–H groups in total. The van der Waals surface area contributed by atoms with Gasteiger partial charge in [-0.25, -0.2) is 9.98 Å². The summed E-state index contributed by atoms with van der Waals surface area (Å²) in [6.45, 7) is 4.76. The molecule has 7 heteroatoms. The first kappa shape index (κ1) is 18.3. The molecule has 0 aliphatic carbocycles. The maximum Gasteiger partial charge on any atom is 0.191 e. The van der Waals surface area contributed by atoms with E-state index in [0.717, 1.165) is 35.9 Å². The Morgan fingerprint density at radius 2 is 2.09 bits per heavy atom. The molecule has 0 unspecified atom stereocenters. The van der Waals surface area contributed by atoms with Crippen molar-refractivity contribution >= 4 is 52.6 Å². The molecule has 3 rings (SSSR count). The molecular weight excluding hydrogens is 425 g/mol. The van der Waals surface area contributed by atoms with E-state index in [9.17, 15) is 0 Å². The van der Waals surface area contributed by atoms with Crippen molar-refractivity contribution in [3.63, 3.8) is 0 Å². The zero-order chi connectivity index (χ0) is 15.7. The molecule has 0 radical (unpaired) electrons. The molecule has 23 heavy (non-hydrogen) atoms. The SMILES string of the molecule is CC1CCN(C(N)=NCc2nc3cc(Cl)ccc3n2C)CC1.I. The van der Waals surface area contributed by atoms with E-state index >= 15 is 0 Å². The minimum absolute atomic E-state index is 0. The van der Waals surface area contributed by atoms with E-state index < -0.39 is 0 Å². The van der Waals surface area contributed by atoms with Crippen LogP contribution in [0.25, 0.3) is 11.0 Å². The zero-order valence-electron chi connectivity index (χ0n) is 13.5. The van der Waals surface area contributed by atoms with Crippen LogP contribution in [0.1, 0.15) is 25.6 Å². The number of aromatic nitrogens is 2. The van der Waals surface area contributed by atoms with Crippen LogP contribution in [0, 0.1) is 5.92 Å². The fourth-order valence-corrected chi connectivity index (χ4v) is 3.02. The third kappa shape index (κ3) is 4.09. The number of aryl methyl sites for hydroxylation is 1. The van der Waals surface area contributed by atoms with Crippen LogP contribution in [0.5, 0.6) is 0 Å². The number of piperidine rings is 1. The van der Waals surface area contributed by atoms with E-state index in [0.29, 0.717) is 17.5 Å². The molecule has 1 aromatic carbocycles. The largest absolute Gasteiger partial charge is 0.370 e. The summed E-state index contributed by atoms with van der Waals surface area (Å²) < 4.78 is 2.04. The van der Waals surface area contributed by atoms with Crippen molar-refractivity contribution in [2.24, 2.45) is 23.7 Å². The second-order valence-electron chi connectivity index (χ2n) is 6.06. The molecule has 0 atom stereocenters. The number of aliphatic imine (C=N–C) groups is 1. The van der Waals surface area contributed by atoms with Crippen LogP contribution < -0.4 is 5.73 Å². The second kappa shape index (κ2) is 7.70. The van der Waals surface area contributed by atoms with Gasteiger partial charge in [-0.15, -0.1) is 24.0 Å². The first-order chi connectivity index (χ1) is 10.5.